The third-order valence-electron chi connectivity index (χ3n) is 6.09. The molecule has 1 fully saturated rings. The van der Waals surface area contributed by atoms with Crippen LogP contribution in [0.5, 0.6) is 11.5 Å². The molecule has 2 aliphatic rings. The first-order valence-electron chi connectivity index (χ1n) is 10.9. The van der Waals surface area contributed by atoms with Gasteiger partial charge in [0, 0.05) is 25.7 Å². The van der Waals surface area contributed by atoms with Crippen molar-refractivity contribution in [1.29, 1.82) is 0 Å². The predicted octanol–water partition coefficient (Wildman–Crippen LogP) is 2.51. The number of likely N-dealkylation sites (tertiary alicyclic amines) is 1. The number of hydrogen-bond acceptors (Lipinski definition) is 7. The molecular formula is C25H29N3O5. The van der Waals surface area contributed by atoms with Gasteiger partial charge in [-0.05, 0) is 50.0 Å². The molecule has 0 aliphatic carbocycles. The van der Waals surface area contributed by atoms with Gasteiger partial charge in [-0.15, -0.1) is 0 Å². The number of aliphatic hydroxyl groups is 1. The van der Waals surface area contributed by atoms with E-state index in [9.17, 15) is 14.7 Å². The molecule has 0 saturated carbocycles. The van der Waals surface area contributed by atoms with Gasteiger partial charge in [0.1, 0.15) is 23.9 Å². The monoisotopic (exact) mass is 451 g/mol. The Bertz CT molecular complexity index is 1090. The Morgan fingerprint density at radius 3 is 2.58 bits per heavy atom. The lowest BCUT2D eigenvalue weighted by Crippen LogP contribution is -2.35. The topological polar surface area (TPSA) is 82.5 Å². The van der Waals surface area contributed by atoms with Gasteiger partial charge in [0.05, 0.1) is 31.0 Å². The van der Waals surface area contributed by atoms with Crippen LogP contribution in [-0.4, -0.2) is 81.1 Å². The summed E-state index contributed by atoms with van der Waals surface area (Å²) >= 11 is 0. The van der Waals surface area contributed by atoms with Crippen LogP contribution in [0.15, 0.2) is 48.0 Å². The quantitative estimate of drug-likeness (QED) is 0.411. The Morgan fingerprint density at radius 1 is 1.18 bits per heavy atom. The second kappa shape index (κ2) is 9.15. The third kappa shape index (κ3) is 4.26. The molecule has 4 rings (SSSR count). The van der Waals surface area contributed by atoms with Crippen molar-refractivity contribution in [2.75, 3.05) is 59.4 Å². The normalized spacial score (nSPS) is 19.6. The van der Waals surface area contributed by atoms with Gasteiger partial charge in [-0.3, -0.25) is 9.59 Å². The highest BCUT2D eigenvalue weighted by atomic mass is 16.5. The van der Waals surface area contributed by atoms with Gasteiger partial charge < -0.3 is 29.3 Å². The van der Waals surface area contributed by atoms with E-state index < -0.39 is 17.7 Å². The van der Waals surface area contributed by atoms with E-state index in [-0.39, 0.29) is 11.3 Å². The van der Waals surface area contributed by atoms with Crippen LogP contribution in [0.3, 0.4) is 0 Å². The zero-order chi connectivity index (χ0) is 23.7. The number of benzene rings is 2. The minimum Gasteiger partial charge on any atom is -0.507 e. The van der Waals surface area contributed by atoms with Crippen molar-refractivity contribution in [2.45, 2.75) is 6.04 Å². The molecule has 2 aromatic rings. The van der Waals surface area contributed by atoms with E-state index in [2.05, 4.69) is 0 Å². The molecule has 2 heterocycles. The van der Waals surface area contributed by atoms with Gasteiger partial charge in [-0.2, -0.15) is 0 Å². The lowest BCUT2D eigenvalue weighted by atomic mass is 9.95. The first-order chi connectivity index (χ1) is 15.8. The van der Waals surface area contributed by atoms with Crippen LogP contribution in [0.2, 0.25) is 0 Å². The van der Waals surface area contributed by atoms with Crippen LogP contribution in [-0.2, 0) is 9.59 Å². The SMILES string of the molecule is COc1ccc(C2/C(=C(/O)c3ccc4c(c3)N(C)CCO4)C(=O)C(=O)N2CCN(C)C)cc1. The summed E-state index contributed by atoms with van der Waals surface area (Å²) in [5.41, 5.74) is 2.11. The van der Waals surface area contributed by atoms with Gasteiger partial charge in [-0.25, -0.2) is 0 Å². The Morgan fingerprint density at radius 2 is 1.91 bits per heavy atom. The number of ketones is 1. The fourth-order valence-electron chi connectivity index (χ4n) is 4.20. The zero-order valence-corrected chi connectivity index (χ0v) is 19.4. The predicted molar refractivity (Wildman–Crippen MR) is 126 cm³/mol. The van der Waals surface area contributed by atoms with Crippen molar-refractivity contribution in [2.24, 2.45) is 0 Å². The smallest absolute Gasteiger partial charge is 0.295 e. The molecule has 8 heteroatoms. The van der Waals surface area contributed by atoms with E-state index in [4.69, 9.17) is 9.47 Å². The van der Waals surface area contributed by atoms with E-state index in [1.807, 2.05) is 43.1 Å². The van der Waals surface area contributed by atoms with Crippen molar-refractivity contribution < 1.29 is 24.2 Å². The molecule has 1 unspecified atom stereocenters. The summed E-state index contributed by atoms with van der Waals surface area (Å²) in [5, 5.41) is 11.3. The van der Waals surface area contributed by atoms with Crippen LogP contribution in [0.1, 0.15) is 17.2 Å². The summed E-state index contributed by atoms with van der Waals surface area (Å²) in [5.74, 6) is -0.101. The molecule has 1 atom stereocenters. The van der Waals surface area contributed by atoms with Gasteiger partial charge in [0.15, 0.2) is 0 Å². The first kappa shape index (κ1) is 22.7. The van der Waals surface area contributed by atoms with Crippen molar-refractivity contribution in [1.82, 2.24) is 9.80 Å². The van der Waals surface area contributed by atoms with E-state index in [1.54, 1.807) is 37.4 Å². The number of Topliss-reactive ketones (excluding diaryl/α,β-unsaturated/α-hetero) is 1. The molecule has 8 nitrogen and oxygen atoms in total. The maximum atomic E-state index is 13.2. The number of anilines is 1. The van der Waals surface area contributed by atoms with E-state index >= 15 is 0 Å². The molecule has 0 radical (unpaired) electrons. The number of rotatable bonds is 6. The standard InChI is InChI=1S/C25H29N3O5/c1-26(2)11-12-28-22(16-5-8-18(32-4)9-6-16)21(24(30)25(28)31)23(29)17-7-10-20-19(15-17)27(3)13-14-33-20/h5-10,15,22,29H,11-14H2,1-4H3/b23-21-. The van der Waals surface area contributed by atoms with Crippen LogP contribution in [0, 0.1) is 0 Å². The number of carbonyl (C=O) groups excluding carboxylic acids is 2. The largest absolute Gasteiger partial charge is 0.507 e. The number of methoxy groups -OCH3 is 1. The average molecular weight is 452 g/mol. The lowest BCUT2D eigenvalue weighted by Gasteiger charge is -2.28. The Kier molecular flexibility index (Phi) is 6.29. The van der Waals surface area contributed by atoms with Gasteiger partial charge in [0.2, 0.25) is 0 Å². The fourth-order valence-corrected chi connectivity index (χ4v) is 4.20. The summed E-state index contributed by atoms with van der Waals surface area (Å²) < 4.78 is 10.9. The second-order valence-corrected chi connectivity index (χ2v) is 8.52. The summed E-state index contributed by atoms with van der Waals surface area (Å²) in [6, 6.07) is 11.8. The van der Waals surface area contributed by atoms with Gasteiger partial charge >= 0.3 is 0 Å². The maximum Gasteiger partial charge on any atom is 0.295 e. The molecule has 33 heavy (non-hydrogen) atoms. The molecule has 0 aromatic heterocycles. The first-order valence-corrected chi connectivity index (χ1v) is 10.9. The molecule has 1 saturated heterocycles. The molecule has 0 bridgehead atoms. The summed E-state index contributed by atoms with van der Waals surface area (Å²) in [4.78, 5) is 31.7. The third-order valence-corrected chi connectivity index (χ3v) is 6.09. The summed E-state index contributed by atoms with van der Waals surface area (Å²) in [7, 11) is 7.34. The van der Waals surface area contributed by atoms with Crippen LogP contribution in [0.4, 0.5) is 5.69 Å². The lowest BCUT2D eigenvalue weighted by molar-refractivity contribution is -0.140. The van der Waals surface area contributed by atoms with Crippen molar-refractivity contribution in [3.8, 4) is 11.5 Å². The molecular weight excluding hydrogens is 422 g/mol. The van der Waals surface area contributed by atoms with E-state index in [1.165, 1.54) is 4.90 Å². The van der Waals surface area contributed by atoms with Crippen molar-refractivity contribution in [3.63, 3.8) is 0 Å². The number of nitrogens with zero attached hydrogens (tertiary/aromatic N) is 3. The Hall–Kier alpha value is -3.52. The molecule has 2 aliphatic heterocycles. The molecule has 0 spiro atoms. The number of hydrogen-bond donors (Lipinski definition) is 1. The zero-order valence-electron chi connectivity index (χ0n) is 19.4. The van der Waals surface area contributed by atoms with Crippen LogP contribution in [0.25, 0.3) is 5.76 Å². The Balaban J connectivity index is 1.82. The molecule has 174 valence electrons. The molecule has 1 N–H and O–H groups in total. The number of amides is 1. The number of ether oxygens (including phenoxy) is 2. The highest BCUT2D eigenvalue weighted by Crippen LogP contribution is 2.41. The molecule has 1 amide bonds. The number of carbonyl (C=O) groups is 2. The average Bonchev–Trinajstić information content (AvgIpc) is 3.07. The highest BCUT2D eigenvalue weighted by Gasteiger charge is 2.46. The minimum absolute atomic E-state index is 0.0863. The highest BCUT2D eigenvalue weighted by molar-refractivity contribution is 6.46. The van der Waals surface area contributed by atoms with Crippen LogP contribution >= 0.6 is 0 Å². The van der Waals surface area contributed by atoms with Crippen molar-refractivity contribution >= 4 is 23.1 Å². The van der Waals surface area contributed by atoms with E-state index in [0.717, 1.165) is 23.5 Å². The van der Waals surface area contributed by atoms with Gasteiger partial charge in [0.25, 0.3) is 11.7 Å². The maximum absolute atomic E-state index is 13.2. The van der Waals surface area contributed by atoms with E-state index in [0.29, 0.717) is 31.0 Å². The summed E-state index contributed by atoms with van der Waals surface area (Å²) in [6.45, 7) is 2.24. The van der Waals surface area contributed by atoms with Crippen molar-refractivity contribution in [3.05, 3.63) is 59.2 Å². The fraction of sp³-hybridized carbons (Fsp3) is 0.360. The number of aliphatic hydroxyl groups excluding tert-OH is 1. The number of likely N-dealkylation sites (N-methyl/N-ethyl adjacent to an activating group) is 2. The summed E-state index contributed by atoms with van der Waals surface area (Å²) in [6.07, 6.45) is 0. The van der Waals surface area contributed by atoms with Gasteiger partial charge in [-0.1, -0.05) is 12.1 Å². The number of fused-ring (bicyclic) bond motifs is 1. The van der Waals surface area contributed by atoms with Crippen LogP contribution < -0.4 is 14.4 Å². The Labute approximate surface area is 193 Å². The minimum atomic E-state index is -0.694. The second-order valence-electron chi connectivity index (χ2n) is 8.52. The molecule has 2 aromatic carbocycles.